The van der Waals surface area contributed by atoms with E-state index in [-0.39, 0.29) is 29.0 Å². The van der Waals surface area contributed by atoms with Gasteiger partial charge in [0.15, 0.2) is 11.5 Å². The van der Waals surface area contributed by atoms with Crippen LogP contribution in [-0.2, 0) is 22.4 Å². The number of amides is 2. The zero-order valence-electron chi connectivity index (χ0n) is 26.5. The van der Waals surface area contributed by atoms with Crippen molar-refractivity contribution in [1.82, 2.24) is 10.6 Å². The van der Waals surface area contributed by atoms with Crippen LogP contribution in [0.4, 0.5) is 5.69 Å². The summed E-state index contributed by atoms with van der Waals surface area (Å²) in [5.41, 5.74) is 4.60. The number of methoxy groups -OCH3 is 3. The Balaban J connectivity index is 1.42. The third-order valence-electron chi connectivity index (χ3n) is 7.98. The molecule has 0 saturated heterocycles. The van der Waals surface area contributed by atoms with Crippen molar-refractivity contribution in [2.45, 2.75) is 57.9 Å². The molecule has 45 heavy (non-hydrogen) atoms. The minimum Gasteiger partial charge on any atom is -0.508 e. The summed E-state index contributed by atoms with van der Waals surface area (Å²) in [5.74, 6) is 1.58. The van der Waals surface area contributed by atoms with Gasteiger partial charge in [-0.1, -0.05) is 24.6 Å². The van der Waals surface area contributed by atoms with Crippen molar-refractivity contribution >= 4 is 17.5 Å². The van der Waals surface area contributed by atoms with Gasteiger partial charge in [-0.25, -0.2) is 0 Å². The summed E-state index contributed by atoms with van der Waals surface area (Å²) >= 11 is 0. The van der Waals surface area contributed by atoms with Crippen molar-refractivity contribution in [2.75, 3.05) is 39.7 Å². The van der Waals surface area contributed by atoms with Crippen LogP contribution in [0, 0.1) is 0 Å². The Morgan fingerprint density at radius 3 is 2.36 bits per heavy atom. The first-order chi connectivity index (χ1) is 21.7. The van der Waals surface area contributed by atoms with E-state index in [9.17, 15) is 19.5 Å². The van der Waals surface area contributed by atoms with Gasteiger partial charge < -0.3 is 35.3 Å². The lowest BCUT2D eigenvalue weighted by molar-refractivity contribution is -0.121. The highest BCUT2D eigenvalue weighted by Crippen LogP contribution is 2.50. The molecule has 240 valence electrons. The lowest BCUT2D eigenvalue weighted by Gasteiger charge is -2.19. The van der Waals surface area contributed by atoms with Crippen LogP contribution in [-0.4, -0.2) is 51.3 Å². The fraction of sp³-hybridized carbons (Fsp3) is 0.400. The Bertz CT molecular complexity index is 1560. The number of benzene rings is 2. The van der Waals surface area contributed by atoms with Crippen molar-refractivity contribution in [3.05, 3.63) is 75.4 Å². The summed E-state index contributed by atoms with van der Waals surface area (Å²) in [6.45, 7) is 2.60. The molecule has 0 aromatic heterocycles. The zero-order valence-corrected chi connectivity index (χ0v) is 26.5. The Morgan fingerprint density at radius 1 is 0.911 bits per heavy atom. The number of phenolic OH excluding ortho intramolecular Hbond substituents is 1. The number of unbranched alkanes of at least 4 members (excludes halogenated alkanes) is 2. The second kappa shape index (κ2) is 15.8. The predicted octanol–water partition coefficient (Wildman–Crippen LogP) is 4.90. The van der Waals surface area contributed by atoms with E-state index in [1.54, 1.807) is 45.6 Å². The van der Waals surface area contributed by atoms with Crippen molar-refractivity contribution in [1.29, 1.82) is 0 Å². The average Bonchev–Trinajstić information content (AvgIpc) is 3.27. The van der Waals surface area contributed by atoms with Crippen molar-refractivity contribution < 1.29 is 28.9 Å². The van der Waals surface area contributed by atoms with Gasteiger partial charge in [-0.15, -0.1) is 0 Å². The first kappa shape index (κ1) is 33.2. The molecule has 2 amide bonds. The molecule has 0 spiro atoms. The van der Waals surface area contributed by atoms with Crippen LogP contribution in [0.25, 0.3) is 11.1 Å². The van der Waals surface area contributed by atoms with Crippen LogP contribution in [0.1, 0.15) is 61.8 Å². The van der Waals surface area contributed by atoms with Gasteiger partial charge in [-0.05, 0) is 84.7 Å². The second-order valence-corrected chi connectivity index (χ2v) is 11.1. The van der Waals surface area contributed by atoms with Gasteiger partial charge in [0.1, 0.15) is 5.75 Å². The number of ether oxygens (including phenoxy) is 3. The second-order valence-electron chi connectivity index (χ2n) is 11.1. The smallest absolute Gasteiger partial charge is 0.220 e. The number of nitrogens with one attached hydrogen (secondary N) is 3. The molecule has 1 atom stereocenters. The normalized spacial score (nSPS) is 13.5. The van der Waals surface area contributed by atoms with Crippen molar-refractivity contribution in [3.8, 4) is 34.1 Å². The molecule has 0 saturated carbocycles. The predicted molar refractivity (Wildman–Crippen MR) is 174 cm³/mol. The van der Waals surface area contributed by atoms with Crippen LogP contribution in [0.2, 0.25) is 0 Å². The van der Waals surface area contributed by atoms with Crippen LogP contribution in [0.15, 0.2) is 53.3 Å². The van der Waals surface area contributed by atoms with Crippen LogP contribution in [0.3, 0.4) is 0 Å². The Labute approximate surface area is 264 Å². The number of aromatic hydroxyl groups is 1. The number of rotatable bonds is 14. The fourth-order valence-electron chi connectivity index (χ4n) is 5.76. The molecule has 0 unspecified atom stereocenters. The van der Waals surface area contributed by atoms with Gasteiger partial charge in [0, 0.05) is 32.0 Å². The Hall–Kier alpha value is -4.73. The van der Waals surface area contributed by atoms with E-state index in [2.05, 4.69) is 16.0 Å². The highest BCUT2D eigenvalue weighted by atomic mass is 16.5. The maximum atomic E-state index is 13.4. The molecule has 10 heteroatoms. The molecule has 4 N–H and O–H groups in total. The summed E-state index contributed by atoms with van der Waals surface area (Å²) in [6.07, 6.45) is 4.74. The molecule has 3 aromatic carbocycles. The fourth-order valence-corrected chi connectivity index (χ4v) is 5.76. The van der Waals surface area contributed by atoms with Gasteiger partial charge in [-0.3, -0.25) is 14.4 Å². The quantitative estimate of drug-likeness (QED) is 0.188. The molecule has 0 fully saturated rings. The Morgan fingerprint density at radius 2 is 1.67 bits per heavy atom. The molecule has 1 aliphatic carbocycles. The lowest BCUT2D eigenvalue weighted by Crippen LogP contribution is -2.26. The van der Waals surface area contributed by atoms with E-state index in [0.717, 1.165) is 41.5 Å². The van der Waals surface area contributed by atoms with E-state index in [4.69, 9.17) is 14.2 Å². The Kier molecular flexibility index (Phi) is 11.7. The number of carbonyl (C=O) groups is 2. The molecule has 1 aliphatic rings. The van der Waals surface area contributed by atoms with Crippen molar-refractivity contribution in [3.63, 3.8) is 0 Å². The van der Waals surface area contributed by atoms with Crippen molar-refractivity contribution in [2.24, 2.45) is 0 Å². The number of carbonyl (C=O) groups excluding carboxylic acids is 2. The van der Waals surface area contributed by atoms with E-state index < -0.39 is 0 Å². The number of hydrogen-bond donors (Lipinski definition) is 4. The summed E-state index contributed by atoms with van der Waals surface area (Å²) in [4.78, 5) is 37.8. The number of aryl methyl sites for hydroxylation is 1. The summed E-state index contributed by atoms with van der Waals surface area (Å²) in [5, 5.41) is 18.6. The average molecular weight is 618 g/mol. The minimum atomic E-state index is -0.369. The van der Waals surface area contributed by atoms with E-state index in [1.807, 2.05) is 24.3 Å². The largest absolute Gasteiger partial charge is 0.508 e. The molecule has 3 aromatic rings. The minimum absolute atomic E-state index is 0.0128. The first-order valence-corrected chi connectivity index (χ1v) is 15.3. The monoisotopic (exact) mass is 617 g/mol. The van der Waals surface area contributed by atoms with E-state index >= 15 is 0 Å². The SMILES string of the molecule is COc1cc2c(c(OC)c1OC)-c1ccc(NCCCCCC(=O)NCCc3ccc(O)cc3)c(=O)cc1[C@@H](NC(C)=O)CC2. The molecular weight excluding hydrogens is 574 g/mol. The summed E-state index contributed by atoms with van der Waals surface area (Å²) < 4.78 is 17.1. The van der Waals surface area contributed by atoms with Crippen LogP contribution >= 0.6 is 0 Å². The first-order valence-electron chi connectivity index (χ1n) is 15.3. The van der Waals surface area contributed by atoms with E-state index in [1.165, 1.54) is 6.92 Å². The molecule has 0 radical (unpaired) electrons. The summed E-state index contributed by atoms with van der Waals surface area (Å²) in [7, 11) is 4.70. The van der Waals surface area contributed by atoms with Crippen LogP contribution < -0.4 is 35.6 Å². The topological polar surface area (TPSA) is 135 Å². The zero-order chi connectivity index (χ0) is 32.3. The van der Waals surface area contributed by atoms with Gasteiger partial charge in [0.05, 0.1) is 33.1 Å². The highest BCUT2D eigenvalue weighted by Gasteiger charge is 2.29. The molecular formula is C35H43N3O7. The van der Waals surface area contributed by atoms with Gasteiger partial charge in [0.25, 0.3) is 0 Å². The molecule has 4 rings (SSSR count). The third-order valence-corrected chi connectivity index (χ3v) is 7.98. The number of phenols is 1. The molecule has 10 nitrogen and oxygen atoms in total. The highest BCUT2D eigenvalue weighted by molar-refractivity contribution is 5.83. The molecule has 0 bridgehead atoms. The van der Waals surface area contributed by atoms with E-state index in [0.29, 0.717) is 67.3 Å². The third kappa shape index (κ3) is 8.47. The number of fused-ring (bicyclic) bond motifs is 3. The molecule has 0 heterocycles. The summed E-state index contributed by atoms with van der Waals surface area (Å²) in [6, 6.07) is 13.8. The maximum absolute atomic E-state index is 13.4. The maximum Gasteiger partial charge on any atom is 0.220 e. The lowest BCUT2D eigenvalue weighted by atomic mass is 9.95. The van der Waals surface area contributed by atoms with Gasteiger partial charge >= 0.3 is 0 Å². The standard InChI is InChI=1S/C35H43N3O7/c1-22(39)38-28-15-11-24-20-31(43-2)34(44-3)35(45-4)33(24)26-14-16-29(30(41)21-27(26)28)36-18-7-5-6-8-32(42)37-19-17-23-9-12-25(40)13-10-23/h9-10,12-14,16,20-21,28,40H,5-8,11,15,17-19H2,1-4H3,(H,36,41)(H,37,42)(H,38,39)/t28-/m0/s1. The van der Waals surface area contributed by atoms with Gasteiger partial charge in [-0.2, -0.15) is 0 Å². The molecule has 0 aliphatic heterocycles. The van der Waals surface area contributed by atoms with Gasteiger partial charge in [0.2, 0.25) is 23.0 Å². The number of hydrogen-bond acceptors (Lipinski definition) is 8. The van der Waals surface area contributed by atoms with Crippen LogP contribution in [0.5, 0.6) is 23.0 Å². The number of anilines is 1.